The fraction of sp³-hybridized carbons (Fsp3) is 0.267. The molecule has 1 aromatic carbocycles. The zero-order chi connectivity index (χ0) is 19.6. The predicted octanol–water partition coefficient (Wildman–Crippen LogP) is 1.68. The number of anilines is 1. The number of aromatic nitrogens is 4. The summed E-state index contributed by atoms with van der Waals surface area (Å²) in [4.78, 5) is 15.3. The minimum Gasteiger partial charge on any atom is -0.338 e. The first-order valence-electron chi connectivity index (χ1n) is 7.73. The highest BCUT2D eigenvalue weighted by Crippen LogP contribution is 2.24. The normalized spacial score (nSPS) is 11.7. The van der Waals surface area contributed by atoms with Crippen molar-refractivity contribution in [2.24, 2.45) is 0 Å². The van der Waals surface area contributed by atoms with Crippen LogP contribution in [0.4, 0.5) is 5.13 Å². The number of rotatable bonds is 6. The van der Waals surface area contributed by atoms with E-state index in [1.165, 1.54) is 14.0 Å². The van der Waals surface area contributed by atoms with Gasteiger partial charge in [0.2, 0.25) is 27.1 Å². The third-order valence-electron chi connectivity index (χ3n) is 3.42. The quantitative estimate of drug-likeness (QED) is 0.609. The number of nitrogens with one attached hydrogen (secondary N) is 1. The van der Waals surface area contributed by atoms with E-state index in [9.17, 15) is 13.2 Å². The molecule has 0 saturated heterocycles. The number of benzene rings is 1. The van der Waals surface area contributed by atoms with Gasteiger partial charge < -0.3 is 9.84 Å². The number of hydrogen-bond donors (Lipinski definition) is 1. The molecule has 0 atom stereocenters. The molecule has 3 rings (SSSR count). The minimum absolute atomic E-state index is 0.106. The van der Waals surface area contributed by atoms with Crippen molar-refractivity contribution in [1.82, 2.24) is 24.6 Å². The fourth-order valence-electron chi connectivity index (χ4n) is 2.14. The lowest BCUT2D eigenvalue weighted by molar-refractivity contribution is -0.114. The number of nitrogens with zero attached hydrogens (tertiary/aromatic N) is 5. The molecule has 12 heteroatoms. The van der Waals surface area contributed by atoms with Crippen LogP contribution in [0.15, 0.2) is 33.1 Å². The van der Waals surface area contributed by atoms with Gasteiger partial charge in [0.1, 0.15) is 0 Å². The minimum atomic E-state index is -3.92. The highest BCUT2D eigenvalue weighted by atomic mass is 32.2. The second-order valence-electron chi connectivity index (χ2n) is 5.70. The van der Waals surface area contributed by atoms with E-state index in [2.05, 4.69) is 25.7 Å². The number of hydrogen-bond acceptors (Lipinski definition) is 9. The Hall–Kier alpha value is -2.70. The Kier molecular flexibility index (Phi) is 5.30. The third-order valence-corrected chi connectivity index (χ3v) is 6.41. The summed E-state index contributed by atoms with van der Waals surface area (Å²) < 4.78 is 31.1. The maximum Gasteiger partial charge on any atom is 0.272 e. The Labute approximate surface area is 159 Å². The van der Waals surface area contributed by atoms with Crippen molar-refractivity contribution in [3.63, 3.8) is 0 Å². The Morgan fingerprint density at radius 1 is 1.33 bits per heavy atom. The summed E-state index contributed by atoms with van der Waals surface area (Å²) in [5, 5.41) is 13.7. The van der Waals surface area contributed by atoms with Gasteiger partial charge in [0.25, 0.3) is 10.0 Å². The monoisotopic (exact) mass is 408 g/mol. The van der Waals surface area contributed by atoms with E-state index in [0.717, 1.165) is 26.8 Å². The number of amides is 1. The molecule has 0 bridgehead atoms. The van der Waals surface area contributed by atoms with Crippen molar-refractivity contribution in [3.8, 4) is 11.4 Å². The molecule has 0 saturated carbocycles. The molecule has 0 aliphatic carbocycles. The number of carbonyl (C=O) groups is 1. The van der Waals surface area contributed by atoms with Crippen LogP contribution in [-0.2, 0) is 21.4 Å². The van der Waals surface area contributed by atoms with Crippen molar-refractivity contribution in [1.29, 1.82) is 0 Å². The SMILES string of the molecule is CC(=O)Nc1nnc(S(=O)(=O)N(C)Cc2nc(-c3cccc(C)c3)no2)s1. The summed E-state index contributed by atoms with van der Waals surface area (Å²) in [6, 6.07) is 7.56. The summed E-state index contributed by atoms with van der Waals surface area (Å²) in [7, 11) is -2.55. The largest absolute Gasteiger partial charge is 0.338 e. The Balaban J connectivity index is 1.75. The first-order chi connectivity index (χ1) is 12.8. The molecule has 0 aliphatic rings. The smallest absolute Gasteiger partial charge is 0.272 e. The predicted molar refractivity (Wildman–Crippen MR) is 97.3 cm³/mol. The van der Waals surface area contributed by atoms with Crippen LogP contribution in [0.25, 0.3) is 11.4 Å². The van der Waals surface area contributed by atoms with E-state index >= 15 is 0 Å². The van der Waals surface area contributed by atoms with Crippen LogP contribution in [0.5, 0.6) is 0 Å². The fourth-order valence-corrected chi connectivity index (χ4v) is 4.40. The molecule has 0 unspecified atom stereocenters. The highest BCUT2D eigenvalue weighted by molar-refractivity contribution is 7.91. The summed E-state index contributed by atoms with van der Waals surface area (Å²) in [5.41, 5.74) is 1.82. The first-order valence-corrected chi connectivity index (χ1v) is 9.98. The number of sulfonamides is 1. The molecule has 2 heterocycles. The number of aryl methyl sites for hydroxylation is 1. The van der Waals surface area contributed by atoms with Crippen molar-refractivity contribution in [2.75, 3.05) is 12.4 Å². The molecule has 0 spiro atoms. The van der Waals surface area contributed by atoms with Crippen molar-refractivity contribution < 1.29 is 17.7 Å². The van der Waals surface area contributed by atoms with Crippen LogP contribution in [0.3, 0.4) is 0 Å². The van der Waals surface area contributed by atoms with Gasteiger partial charge in [0, 0.05) is 19.5 Å². The number of carbonyl (C=O) groups excluding carboxylic acids is 1. The lowest BCUT2D eigenvalue weighted by atomic mass is 10.1. The van der Waals surface area contributed by atoms with Crippen LogP contribution in [0.2, 0.25) is 0 Å². The summed E-state index contributed by atoms with van der Waals surface area (Å²) in [5.74, 6) is 0.158. The Bertz CT molecular complexity index is 1080. The molecule has 0 fully saturated rings. The van der Waals surface area contributed by atoms with Crippen molar-refractivity contribution >= 4 is 32.4 Å². The van der Waals surface area contributed by atoms with Crippen molar-refractivity contribution in [2.45, 2.75) is 24.7 Å². The first kappa shape index (κ1) is 19.1. The Morgan fingerprint density at radius 2 is 2.11 bits per heavy atom. The van der Waals surface area contributed by atoms with E-state index in [1.807, 2.05) is 31.2 Å². The van der Waals surface area contributed by atoms with E-state index < -0.39 is 10.0 Å². The average molecular weight is 408 g/mol. The molecule has 0 aliphatic heterocycles. The van der Waals surface area contributed by atoms with Crippen LogP contribution in [-0.4, -0.2) is 46.0 Å². The molecule has 2 aromatic heterocycles. The molecular weight excluding hydrogens is 392 g/mol. The summed E-state index contributed by atoms with van der Waals surface area (Å²) in [6.45, 7) is 3.11. The Morgan fingerprint density at radius 3 is 2.81 bits per heavy atom. The molecule has 3 aromatic rings. The zero-order valence-electron chi connectivity index (χ0n) is 14.7. The lowest BCUT2D eigenvalue weighted by Gasteiger charge is -2.11. The average Bonchev–Trinajstić information content (AvgIpc) is 3.24. The second kappa shape index (κ2) is 7.50. The van der Waals surface area contributed by atoms with Gasteiger partial charge in [-0.2, -0.15) is 9.29 Å². The van der Waals surface area contributed by atoms with Gasteiger partial charge >= 0.3 is 0 Å². The van der Waals surface area contributed by atoms with Crippen LogP contribution >= 0.6 is 11.3 Å². The second-order valence-corrected chi connectivity index (χ2v) is 8.89. The van der Waals surface area contributed by atoms with Crippen LogP contribution in [0.1, 0.15) is 18.4 Å². The van der Waals surface area contributed by atoms with Gasteiger partial charge in [0.05, 0.1) is 6.54 Å². The molecular formula is C15H16N6O4S2. The molecule has 1 N–H and O–H groups in total. The highest BCUT2D eigenvalue weighted by Gasteiger charge is 2.27. The van der Waals surface area contributed by atoms with Gasteiger partial charge in [0.15, 0.2) is 0 Å². The molecule has 0 radical (unpaired) electrons. The summed E-state index contributed by atoms with van der Waals surface area (Å²) >= 11 is 0.760. The van der Waals surface area contributed by atoms with Crippen LogP contribution < -0.4 is 5.32 Å². The van der Waals surface area contributed by atoms with Gasteiger partial charge in [-0.3, -0.25) is 4.79 Å². The van der Waals surface area contributed by atoms with Gasteiger partial charge in [-0.25, -0.2) is 8.42 Å². The molecule has 1 amide bonds. The molecule has 10 nitrogen and oxygen atoms in total. The third kappa shape index (κ3) is 4.35. The van der Waals surface area contributed by atoms with E-state index in [1.54, 1.807) is 0 Å². The van der Waals surface area contributed by atoms with E-state index in [4.69, 9.17) is 4.52 Å². The zero-order valence-corrected chi connectivity index (χ0v) is 16.3. The van der Waals surface area contributed by atoms with Gasteiger partial charge in [-0.05, 0) is 13.0 Å². The molecule has 142 valence electrons. The lowest BCUT2D eigenvalue weighted by Crippen LogP contribution is -2.26. The van der Waals surface area contributed by atoms with Crippen molar-refractivity contribution in [3.05, 3.63) is 35.7 Å². The van der Waals surface area contributed by atoms with Gasteiger partial charge in [-0.15, -0.1) is 10.2 Å². The maximum atomic E-state index is 12.6. The maximum absolute atomic E-state index is 12.6. The van der Waals surface area contributed by atoms with E-state index in [-0.39, 0.29) is 27.8 Å². The van der Waals surface area contributed by atoms with E-state index in [0.29, 0.717) is 5.82 Å². The standard InChI is InChI=1S/C15H16N6O4S2/c1-9-5-4-6-11(7-9)13-17-12(25-20-13)8-21(3)27(23,24)15-19-18-14(26-15)16-10(2)22/h4-7H,8H2,1-3H3,(H,16,18,22). The molecule has 27 heavy (non-hydrogen) atoms. The van der Waals surface area contributed by atoms with Crippen LogP contribution in [0, 0.1) is 6.92 Å². The topological polar surface area (TPSA) is 131 Å². The summed E-state index contributed by atoms with van der Waals surface area (Å²) in [6.07, 6.45) is 0. The van der Waals surface area contributed by atoms with Gasteiger partial charge in [-0.1, -0.05) is 40.3 Å².